The molecule has 0 bridgehead atoms. The maximum Gasteiger partial charge on any atom is 0.255 e. The van der Waals surface area contributed by atoms with Crippen LogP contribution in [0.25, 0.3) is 10.9 Å². The first-order chi connectivity index (χ1) is 12.7. The van der Waals surface area contributed by atoms with E-state index in [1.54, 1.807) is 12.1 Å². The molecule has 3 rings (SSSR count). The molecule has 0 aliphatic carbocycles. The Labute approximate surface area is 153 Å². The van der Waals surface area contributed by atoms with Crippen molar-refractivity contribution in [3.05, 3.63) is 65.9 Å². The maximum absolute atomic E-state index is 12.5. The summed E-state index contributed by atoms with van der Waals surface area (Å²) in [6.07, 6.45) is 6.72. The number of aryl methyl sites for hydroxylation is 1. The van der Waals surface area contributed by atoms with E-state index in [4.69, 9.17) is 11.2 Å². The summed E-state index contributed by atoms with van der Waals surface area (Å²) in [6.45, 7) is 2.50. The largest absolute Gasteiger partial charge is 0.493 e. The van der Waals surface area contributed by atoms with Crippen molar-refractivity contribution in [2.75, 3.05) is 11.9 Å². The normalized spacial score (nSPS) is 10.3. The number of fused-ring (bicyclic) bond motifs is 1. The minimum Gasteiger partial charge on any atom is -0.493 e. The molecule has 0 spiro atoms. The summed E-state index contributed by atoms with van der Waals surface area (Å²) in [5.74, 6) is 3.12. The Balaban J connectivity index is 1.69. The van der Waals surface area contributed by atoms with E-state index in [1.807, 2.05) is 49.4 Å². The van der Waals surface area contributed by atoms with Crippen molar-refractivity contribution in [2.45, 2.75) is 19.8 Å². The van der Waals surface area contributed by atoms with Gasteiger partial charge < -0.3 is 10.1 Å². The van der Waals surface area contributed by atoms with Crippen molar-refractivity contribution in [3.8, 4) is 18.1 Å². The summed E-state index contributed by atoms with van der Waals surface area (Å²) in [5.41, 5.74) is 3.10. The third kappa shape index (κ3) is 4.40. The highest BCUT2D eigenvalue weighted by Gasteiger charge is 2.08. The summed E-state index contributed by atoms with van der Waals surface area (Å²) in [4.78, 5) is 17.0. The monoisotopic (exact) mass is 344 g/mol. The van der Waals surface area contributed by atoms with Crippen molar-refractivity contribution >= 4 is 22.5 Å². The quantitative estimate of drug-likeness (QED) is 0.526. The number of terminal acetylenes is 1. The van der Waals surface area contributed by atoms with Crippen LogP contribution in [0.4, 0.5) is 5.69 Å². The van der Waals surface area contributed by atoms with Crippen LogP contribution in [-0.2, 0) is 0 Å². The number of carbonyl (C=O) groups is 1. The van der Waals surface area contributed by atoms with Crippen molar-refractivity contribution in [1.29, 1.82) is 0 Å². The number of nitrogens with zero attached hydrogens (tertiary/aromatic N) is 1. The third-order valence-corrected chi connectivity index (χ3v) is 3.92. The van der Waals surface area contributed by atoms with Gasteiger partial charge in [-0.15, -0.1) is 12.3 Å². The van der Waals surface area contributed by atoms with Crippen LogP contribution in [0.2, 0.25) is 0 Å². The molecule has 3 aromatic rings. The molecule has 26 heavy (non-hydrogen) atoms. The van der Waals surface area contributed by atoms with Gasteiger partial charge in [-0.2, -0.15) is 0 Å². The summed E-state index contributed by atoms with van der Waals surface area (Å²) in [7, 11) is 0. The fourth-order valence-corrected chi connectivity index (χ4v) is 2.60. The average Bonchev–Trinajstić information content (AvgIpc) is 2.65. The van der Waals surface area contributed by atoms with Crippen LogP contribution in [0.15, 0.2) is 54.6 Å². The first-order valence-electron chi connectivity index (χ1n) is 8.51. The Bertz CT molecular complexity index is 973. The lowest BCUT2D eigenvalue weighted by atomic mass is 10.1. The topological polar surface area (TPSA) is 51.2 Å². The number of aromatic nitrogens is 1. The highest BCUT2D eigenvalue weighted by molar-refractivity contribution is 6.06. The van der Waals surface area contributed by atoms with E-state index in [2.05, 4.69) is 16.2 Å². The Morgan fingerprint density at radius 2 is 2.08 bits per heavy atom. The Kier molecular flexibility index (Phi) is 5.50. The number of unbranched alkanes of at least 4 members (excludes halogenated alkanes) is 1. The van der Waals surface area contributed by atoms with E-state index >= 15 is 0 Å². The summed E-state index contributed by atoms with van der Waals surface area (Å²) < 4.78 is 5.65. The van der Waals surface area contributed by atoms with E-state index in [0.717, 1.165) is 23.0 Å². The third-order valence-electron chi connectivity index (χ3n) is 3.92. The second-order valence-corrected chi connectivity index (χ2v) is 6.00. The predicted octanol–water partition coefficient (Wildman–Crippen LogP) is 4.59. The lowest BCUT2D eigenvalue weighted by Gasteiger charge is -2.09. The van der Waals surface area contributed by atoms with Gasteiger partial charge >= 0.3 is 0 Å². The van der Waals surface area contributed by atoms with Crippen LogP contribution in [0, 0.1) is 19.3 Å². The smallest absolute Gasteiger partial charge is 0.255 e. The minimum atomic E-state index is -0.169. The second-order valence-electron chi connectivity index (χ2n) is 6.00. The molecule has 0 saturated heterocycles. The van der Waals surface area contributed by atoms with E-state index in [1.165, 1.54) is 0 Å². The van der Waals surface area contributed by atoms with Crippen LogP contribution in [0.3, 0.4) is 0 Å². The minimum absolute atomic E-state index is 0.169. The van der Waals surface area contributed by atoms with Gasteiger partial charge in [0.25, 0.3) is 5.91 Å². The van der Waals surface area contributed by atoms with Gasteiger partial charge in [0.15, 0.2) is 0 Å². The number of hydrogen-bond acceptors (Lipinski definition) is 3. The van der Waals surface area contributed by atoms with Crippen molar-refractivity contribution in [3.63, 3.8) is 0 Å². The van der Waals surface area contributed by atoms with Gasteiger partial charge in [0.05, 0.1) is 12.1 Å². The molecule has 130 valence electrons. The van der Waals surface area contributed by atoms with Gasteiger partial charge in [0.1, 0.15) is 5.75 Å². The zero-order chi connectivity index (χ0) is 18.4. The van der Waals surface area contributed by atoms with Crippen LogP contribution < -0.4 is 10.1 Å². The average molecular weight is 344 g/mol. The Morgan fingerprint density at radius 1 is 1.19 bits per heavy atom. The van der Waals surface area contributed by atoms with Gasteiger partial charge in [-0.05, 0) is 49.7 Å². The van der Waals surface area contributed by atoms with E-state index in [9.17, 15) is 4.79 Å². The number of pyridine rings is 1. The van der Waals surface area contributed by atoms with Crippen molar-refractivity contribution in [1.82, 2.24) is 4.98 Å². The van der Waals surface area contributed by atoms with Crippen LogP contribution >= 0.6 is 0 Å². The fourth-order valence-electron chi connectivity index (χ4n) is 2.60. The standard InChI is InChI=1S/C22H20N2O2/c1-3-4-5-13-26-20-8-6-7-19(15-20)24-22(25)18-11-12-21-17(14-18)10-9-16(2)23-21/h1,6-12,14-15H,4-5,13H2,2H3,(H,24,25). The summed E-state index contributed by atoms with van der Waals surface area (Å²) in [6, 6.07) is 16.7. The van der Waals surface area contributed by atoms with Gasteiger partial charge in [-0.3, -0.25) is 9.78 Å². The fraction of sp³-hybridized carbons (Fsp3) is 0.182. The first kappa shape index (κ1) is 17.5. The van der Waals surface area contributed by atoms with Crippen LogP contribution in [-0.4, -0.2) is 17.5 Å². The number of hydrogen-bond donors (Lipinski definition) is 1. The van der Waals surface area contributed by atoms with Gasteiger partial charge in [0, 0.05) is 34.8 Å². The summed E-state index contributed by atoms with van der Waals surface area (Å²) in [5, 5.41) is 3.84. The van der Waals surface area contributed by atoms with E-state index in [-0.39, 0.29) is 5.91 Å². The molecule has 0 aliphatic rings. The molecule has 0 saturated carbocycles. The molecule has 1 amide bonds. The van der Waals surface area contributed by atoms with Crippen molar-refractivity contribution in [2.24, 2.45) is 0 Å². The maximum atomic E-state index is 12.5. The molecule has 1 heterocycles. The number of benzene rings is 2. The molecule has 4 heteroatoms. The number of carbonyl (C=O) groups excluding carboxylic acids is 1. The lowest BCUT2D eigenvalue weighted by Crippen LogP contribution is -2.12. The zero-order valence-corrected chi connectivity index (χ0v) is 14.7. The number of anilines is 1. The number of amides is 1. The molecule has 1 N–H and O–H groups in total. The van der Waals surface area contributed by atoms with Gasteiger partial charge in [-0.25, -0.2) is 0 Å². The molecule has 4 nitrogen and oxygen atoms in total. The molecular formula is C22H20N2O2. The Hall–Kier alpha value is -3.32. The molecule has 0 aliphatic heterocycles. The second kappa shape index (κ2) is 8.17. The summed E-state index contributed by atoms with van der Waals surface area (Å²) >= 11 is 0. The van der Waals surface area contributed by atoms with Crippen LogP contribution in [0.1, 0.15) is 28.9 Å². The number of ether oxygens (including phenoxy) is 1. The van der Waals surface area contributed by atoms with Gasteiger partial charge in [-0.1, -0.05) is 12.1 Å². The van der Waals surface area contributed by atoms with E-state index in [0.29, 0.717) is 30.0 Å². The molecule has 1 aromatic heterocycles. The first-order valence-corrected chi connectivity index (χ1v) is 8.51. The molecule has 0 atom stereocenters. The predicted molar refractivity (Wildman–Crippen MR) is 104 cm³/mol. The van der Waals surface area contributed by atoms with Gasteiger partial charge in [0.2, 0.25) is 0 Å². The number of rotatable bonds is 6. The Morgan fingerprint density at radius 3 is 2.92 bits per heavy atom. The number of nitrogens with one attached hydrogen (secondary N) is 1. The molecule has 0 radical (unpaired) electrons. The highest BCUT2D eigenvalue weighted by Crippen LogP contribution is 2.20. The zero-order valence-electron chi connectivity index (χ0n) is 14.7. The molecule has 0 unspecified atom stereocenters. The highest BCUT2D eigenvalue weighted by atomic mass is 16.5. The van der Waals surface area contributed by atoms with Crippen LogP contribution in [0.5, 0.6) is 5.75 Å². The molecule has 0 fully saturated rings. The lowest BCUT2D eigenvalue weighted by molar-refractivity contribution is 0.102. The van der Waals surface area contributed by atoms with E-state index < -0.39 is 0 Å². The molecular weight excluding hydrogens is 324 g/mol. The van der Waals surface area contributed by atoms with Crippen molar-refractivity contribution < 1.29 is 9.53 Å². The SMILES string of the molecule is C#CCCCOc1cccc(NC(=O)c2ccc3nc(C)ccc3c2)c1. The molecule has 2 aromatic carbocycles.